The molecule has 0 atom stereocenters. The van der Waals surface area contributed by atoms with Gasteiger partial charge in [0.15, 0.2) is 19.7 Å². The second kappa shape index (κ2) is 19.7. The standard InChI is InChI=1S/C69H50N4SSi/c1-8-24-51(25-9-1)54-44-49-66-64(50-54)63-38-22-23-39-65(63)73(66)69-71-67(52-40-45-58(46-41-52)74(55-26-10-2-11-27-55,56-28-12-3-13-29-56)57-30-14-4-15-31-57)70-68(72-69)53-42-47-62(48-43-53)75(59-32-16-5-17-33-59,60-34-18-6-19-35-60)61-36-20-7-21-37-61/h1-50H. The molecule has 0 aliphatic rings. The highest BCUT2D eigenvalue weighted by atomic mass is 32.3. The van der Waals surface area contributed by atoms with Gasteiger partial charge in [-0.2, -0.15) is 9.97 Å². The highest BCUT2D eigenvalue weighted by Gasteiger charge is 2.41. The molecule has 6 heteroatoms. The molecule has 13 rings (SSSR count). The fraction of sp³-hybridized carbons (Fsp3) is 0. The van der Waals surface area contributed by atoms with Crippen molar-refractivity contribution in [1.82, 2.24) is 19.5 Å². The van der Waals surface area contributed by atoms with Crippen LogP contribution in [-0.2, 0) is 0 Å². The predicted octanol–water partition coefficient (Wildman–Crippen LogP) is 14.7. The molecule has 0 aliphatic heterocycles. The van der Waals surface area contributed by atoms with Crippen molar-refractivity contribution in [3.8, 4) is 39.9 Å². The predicted molar refractivity (Wildman–Crippen MR) is 314 cm³/mol. The Morgan fingerprint density at radius 1 is 0.267 bits per heavy atom. The average molecular weight is 995 g/mol. The van der Waals surface area contributed by atoms with Gasteiger partial charge in [0.25, 0.3) is 0 Å². The third kappa shape index (κ3) is 7.99. The molecular weight excluding hydrogens is 945 g/mol. The van der Waals surface area contributed by atoms with E-state index in [1.54, 1.807) is 0 Å². The van der Waals surface area contributed by atoms with Crippen LogP contribution in [0.25, 0.3) is 61.7 Å². The van der Waals surface area contributed by atoms with Crippen LogP contribution < -0.4 is 20.7 Å². The van der Waals surface area contributed by atoms with E-state index in [9.17, 15) is 0 Å². The molecule has 0 radical (unpaired) electrons. The maximum absolute atomic E-state index is 5.45. The molecule has 0 fully saturated rings. The molecule has 0 bridgehead atoms. The summed E-state index contributed by atoms with van der Waals surface area (Å²) in [5.74, 6) is 1.75. The zero-order valence-electron chi connectivity index (χ0n) is 41.1. The van der Waals surface area contributed by atoms with E-state index in [-0.39, 0.29) is 0 Å². The lowest BCUT2D eigenvalue weighted by molar-refractivity contribution is 0.953. The summed E-state index contributed by atoms with van der Waals surface area (Å²) >= 11 is 0. The summed E-state index contributed by atoms with van der Waals surface area (Å²) in [6.07, 6.45) is 0. The van der Waals surface area contributed by atoms with Crippen LogP contribution in [0.5, 0.6) is 0 Å². The lowest BCUT2D eigenvalue weighted by Crippen LogP contribution is -2.74. The quantitative estimate of drug-likeness (QED) is 0.0905. The smallest absolute Gasteiger partial charge is 0.238 e. The van der Waals surface area contributed by atoms with Crippen LogP contribution in [0.1, 0.15) is 0 Å². The van der Waals surface area contributed by atoms with E-state index < -0.39 is 18.1 Å². The Labute approximate surface area is 440 Å². The molecule has 4 nitrogen and oxygen atoms in total. The van der Waals surface area contributed by atoms with Gasteiger partial charge in [0.05, 0.1) is 11.0 Å². The topological polar surface area (TPSA) is 43.6 Å². The molecule has 2 aromatic heterocycles. The minimum Gasteiger partial charge on any atom is -0.278 e. The van der Waals surface area contributed by atoms with E-state index in [0.29, 0.717) is 17.6 Å². The van der Waals surface area contributed by atoms with Crippen molar-refractivity contribution in [2.24, 2.45) is 0 Å². The van der Waals surface area contributed by atoms with Crippen LogP contribution in [0, 0.1) is 0 Å². The van der Waals surface area contributed by atoms with Crippen LogP contribution in [0.3, 0.4) is 0 Å². The monoisotopic (exact) mass is 994 g/mol. The van der Waals surface area contributed by atoms with Gasteiger partial charge in [-0.05, 0) is 98.6 Å². The molecule has 13 aromatic rings. The molecule has 0 unspecified atom stereocenters. The fourth-order valence-corrected chi connectivity index (χ4v) is 19.8. The maximum atomic E-state index is 5.45. The lowest BCUT2D eigenvalue weighted by atomic mass is 10.0. The Bertz CT molecular complexity index is 3680. The van der Waals surface area contributed by atoms with Crippen LogP contribution in [0.2, 0.25) is 0 Å². The zero-order chi connectivity index (χ0) is 50.0. The van der Waals surface area contributed by atoms with Crippen molar-refractivity contribution in [1.29, 1.82) is 0 Å². The summed E-state index contributed by atoms with van der Waals surface area (Å²) in [5, 5.41) is 7.51. The van der Waals surface area contributed by atoms with Crippen molar-refractivity contribution in [2.75, 3.05) is 0 Å². The first-order valence-corrected chi connectivity index (χ1v) is 29.0. The van der Waals surface area contributed by atoms with Crippen molar-refractivity contribution < 1.29 is 0 Å². The number of hydrogen-bond acceptors (Lipinski definition) is 3. The SMILES string of the molecule is c1ccc(-c2ccc3c(c2)c2ccccc2n3-c2nc(-c3ccc([Si](c4ccccc4)(c4ccccc4)c4ccccc4)cc3)nc(-c3ccc(S(c4ccccc4)(c4ccccc4)c4ccccc4)cc3)n2)cc1. The van der Waals surface area contributed by atoms with Gasteiger partial charge < -0.3 is 0 Å². The molecule has 0 spiro atoms. The number of benzene rings is 11. The molecule has 0 N–H and O–H groups in total. The van der Waals surface area contributed by atoms with Gasteiger partial charge in [-0.3, -0.25) is 4.57 Å². The minimum absolute atomic E-state index is 0.557. The van der Waals surface area contributed by atoms with Gasteiger partial charge in [0.1, 0.15) is 0 Å². The van der Waals surface area contributed by atoms with E-state index in [0.717, 1.165) is 38.5 Å². The van der Waals surface area contributed by atoms with Crippen LogP contribution in [0.4, 0.5) is 0 Å². The van der Waals surface area contributed by atoms with Crippen molar-refractivity contribution >= 4 is 60.7 Å². The number of aromatic nitrogens is 4. The van der Waals surface area contributed by atoms with E-state index in [4.69, 9.17) is 15.0 Å². The normalized spacial score (nSPS) is 11.9. The number of rotatable bonds is 12. The van der Waals surface area contributed by atoms with Crippen LogP contribution in [-0.4, -0.2) is 27.6 Å². The first-order chi connectivity index (χ1) is 37.2. The van der Waals surface area contributed by atoms with Gasteiger partial charge in [-0.15, -0.1) is 10.0 Å². The largest absolute Gasteiger partial charge is 0.278 e. The highest BCUT2D eigenvalue weighted by Crippen LogP contribution is 2.73. The van der Waals surface area contributed by atoms with Gasteiger partial charge in [-0.1, -0.05) is 237 Å². The Morgan fingerprint density at radius 3 is 1.11 bits per heavy atom. The average Bonchev–Trinajstić information content (AvgIpc) is 3.84. The third-order valence-corrected chi connectivity index (χ3v) is 23.3. The van der Waals surface area contributed by atoms with Crippen molar-refractivity contribution in [2.45, 2.75) is 19.6 Å². The van der Waals surface area contributed by atoms with Gasteiger partial charge in [0.2, 0.25) is 5.95 Å². The number of para-hydroxylation sites is 1. The zero-order valence-corrected chi connectivity index (χ0v) is 42.9. The van der Waals surface area contributed by atoms with E-state index in [1.165, 1.54) is 45.9 Å². The number of fused-ring (bicyclic) bond motifs is 3. The lowest BCUT2D eigenvalue weighted by Gasteiger charge is -2.42. The van der Waals surface area contributed by atoms with E-state index in [2.05, 4.69) is 308 Å². The molecular formula is C69H50N4SSi. The van der Waals surface area contributed by atoms with Crippen LogP contribution in [0.15, 0.2) is 323 Å². The molecule has 11 aromatic carbocycles. The number of nitrogens with zero attached hydrogens (tertiary/aromatic N) is 4. The van der Waals surface area contributed by atoms with Gasteiger partial charge >= 0.3 is 0 Å². The molecule has 0 saturated carbocycles. The Hall–Kier alpha value is -9.20. The summed E-state index contributed by atoms with van der Waals surface area (Å²) in [6.45, 7) is 0. The summed E-state index contributed by atoms with van der Waals surface area (Å²) in [5.41, 5.74) is 6.19. The molecule has 2 heterocycles. The first-order valence-electron chi connectivity index (χ1n) is 25.4. The first kappa shape index (κ1) is 45.6. The summed E-state index contributed by atoms with van der Waals surface area (Å²) in [4.78, 5) is 21.3. The van der Waals surface area contributed by atoms with Gasteiger partial charge in [-0.25, -0.2) is 4.98 Å². The Morgan fingerprint density at radius 2 is 0.627 bits per heavy atom. The molecule has 75 heavy (non-hydrogen) atoms. The summed E-state index contributed by atoms with van der Waals surface area (Å²) in [6, 6.07) is 110. The van der Waals surface area contributed by atoms with E-state index >= 15 is 0 Å². The third-order valence-electron chi connectivity index (χ3n) is 14.6. The Kier molecular flexibility index (Phi) is 12.0. The summed E-state index contributed by atoms with van der Waals surface area (Å²) < 4.78 is 2.21. The Balaban J connectivity index is 1.01. The molecule has 0 saturated heterocycles. The highest BCUT2D eigenvalue weighted by molar-refractivity contribution is 8.34. The fourth-order valence-electron chi connectivity index (χ4n) is 11.2. The van der Waals surface area contributed by atoms with Crippen LogP contribution >= 0.6 is 10.0 Å². The second-order valence-corrected chi connectivity index (χ2v) is 25.7. The summed E-state index contributed by atoms with van der Waals surface area (Å²) in [7, 11) is -4.69. The molecule has 0 amide bonds. The number of hydrogen-bond donors (Lipinski definition) is 0. The molecule has 356 valence electrons. The van der Waals surface area contributed by atoms with Crippen molar-refractivity contribution in [3.63, 3.8) is 0 Å². The maximum Gasteiger partial charge on any atom is 0.238 e. The molecule has 0 aliphatic carbocycles. The second-order valence-electron chi connectivity index (χ2n) is 18.7. The van der Waals surface area contributed by atoms with Crippen molar-refractivity contribution in [3.05, 3.63) is 303 Å². The van der Waals surface area contributed by atoms with Gasteiger partial charge in [0, 0.05) is 41.5 Å². The minimum atomic E-state index is -2.78. The van der Waals surface area contributed by atoms with E-state index in [1.807, 2.05) is 0 Å².